The third kappa shape index (κ3) is 8.35. The first-order chi connectivity index (χ1) is 19.8. The molecule has 9 heteroatoms. The van der Waals surface area contributed by atoms with Crippen LogP contribution < -0.4 is 14.4 Å². The first-order valence-electron chi connectivity index (χ1n) is 14.2. The molecular weight excluding hydrogens is 550 g/mol. The van der Waals surface area contributed by atoms with Crippen LogP contribution in [0.1, 0.15) is 49.4 Å². The molecule has 0 aliphatic rings. The lowest BCUT2D eigenvalue weighted by atomic mass is 10.1. The molecule has 226 valence electrons. The Labute approximate surface area is 250 Å². The van der Waals surface area contributed by atoms with E-state index in [2.05, 4.69) is 5.32 Å². The standard InChI is InChI=1S/C33H43N3O5S/c1-8-31(33(38)34-20-23(2)3)35(21-27-11-13-29(41-7)14-12-27)32(37)22-36(28-18-25(5)17-26(6)19-28)42(39,40)30-15-9-24(4)10-16-30/h9-19,23,31H,8,20-22H2,1-7H3,(H,34,38)/t31-/m1/s1. The van der Waals surface area contributed by atoms with Gasteiger partial charge in [-0.3, -0.25) is 13.9 Å². The number of hydrogen-bond acceptors (Lipinski definition) is 5. The Kier molecular flexibility index (Phi) is 11.2. The third-order valence-corrected chi connectivity index (χ3v) is 8.75. The van der Waals surface area contributed by atoms with E-state index in [1.807, 2.05) is 59.7 Å². The summed E-state index contributed by atoms with van der Waals surface area (Å²) in [5.74, 6) is 0.153. The quantitative estimate of drug-likeness (QED) is 0.287. The van der Waals surface area contributed by atoms with Crippen molar-refractivity contribution in [1.29, 1.82) is 0 Å². The lowest BCUT2D eigenvalue weighted by Crippen LogP contribution is -2.52. The van der Waals surface area contributed by atoms with Crippen molar-refractivity contribution in [1.82, 2.24) is 10.2 Å². The summed E-state index contributed by atoms with van der Waals surface area (Å²) < 4.78 is 34.6. The Morgan fingerprint density at radius 1 is 0.881 bits per heavy atom. The predicted molar refractivity (Wildman–Crippen MR) is 167 cm³/mol. The largest absolute Gasteiger partial charge is 0.497 e. The molecule has 3 aromatic carbocycles. The van der Waals surface area contributed by atoms with Gasteiger partial charge in [-0.15, -0.1) is 0 Å². The van der Waals surface area contributed by atoms with Crippen molar-refractivity contribution >= 4 is 27.5 Å². The maximum absolute atomic E-state index is 14.2. The van der Waals surface area contributed by atoms with Gasteiger partial charge in [0.15, 0.2) is 0 Å². The second-order valence-electron chi connectivity index (χ2n) is 11.1. The highest BCUT2D eigenvalue weighted by molar-refractivity contribution is 7.92. The molecule has 0 saturated heterocycles. The average molecular weight is 594 g/mol. The minimum atomic E-state index is -4.12. The SMILES string of the molecule is CC[C@H](C(=O)NCC(C)C)N(Cc1ccc(OC)cc1)C(=O)CN(c1cc(C)cc(C)c1)S(=O)(=O)c1ccc(C)cc1. The van der Waals surface area contributed by atoms with Crippen LogP contribution in [0.5, 0.6) is 5.75 Å². The molecule has 0 spiro atoms. The summed E-state index contributed by atoms with van der Waals surface area (Å²) >= 11 is 0. The summed E-state index contributed by atoms with van der Waals surface area (Å²) in [5.41, 5.74) is 3.85. The van der Waals surface area contributed by atoms with Crippen LogP contribution in [0, 0.1) is 26.7 Å². The molecule has 2 amide bonds. The van der Waals surface area contributed by atoms with Crippen LogP contribution in [0.3, 0.4) is 0 Å². The molecule has 42 heavy (non-hydrogen) atoms. The van der Waals surface area contributed by atoms with Crippen LogP contribution in [0.4, 0.5) is 5.69 Å². The Hall–Kier alpha value is -3.85. The summed E-state index contributed by atoms with van der Waals surface area (Å²) in [6.45, 7) is 11.6. The van der Waals surface area contributed by atoms with E-state index in [1.54, 1.807) is 55.6 Å². The fourth-order valence-corrected chi connectivity index (χ4v) is 6.13. The molecule has 0 heterocycles. The summed E-state index contributed by atoms with van der Waals surface area (Å²) in [6.07, 6.45) is 0.361. The summed E-state index contributed by atoms with van der Waals surface area (Å²) in [4.78, 5) is 29.1. The van der Waals surface area contributed by atoms with Gasteiger partial charge in [-0.05, 0) is 86.2 Å². The van der Waals surface area contributed by atoms with Crippen LogP contribution in [0.25, 0.3) is 0 Å². The van der Waals surface area contributed by atoms with Gasteiger partial charge in [0.2, 0.25) is 11.8 Å². The number of methoxy groups -OCH3 is 1. The summed E-state index contributed by atoms with van der Waals surface area (Å²) in [6, 6.07) is 18.5. The van der Waals surface area contributed by atoms with E-state index in [-0.39, 0.29) is 23.3 Å². The number of carbonyl (C=O) groups excluding carboxylic acids is 2. The topological polar surface area (TPSA) is 96.0 Å². The Morgan fingerprint density at radius 2 is 1.48 bits per heavy atom. The molecule has 0 aliphatic heterocycles. The van der Waals surface area contributed by atoms with Crippen molar-refractivity contribution in [3.05, 3.63) is 89.0 Å². The summed E-state index contributed by atoms with van der Waals surface area (Å²) in [7, 11) is -2.54. The van der Waals surface area contributed by atoms with Gasteiger partial charge in [-0.2, -0.15) is 0 Å². The molecule has 1 N–H and O–H groups in total. The van der Waals surface area contributed by atoms with Crippen LogP contribution in [-0.4, -0.2) is 51.4 Å². The zero-order valence-electron chi connectivity index (χ0n) is 25.7. The van der Waals surface area contributed by atoms with E-state index in [4.69, 9.17) is 4.74 Å². The zero-order chi connectivity index (χ0) is 31.0. The van der Waals surface area contributed by atoms with Gasteiger partial charge in [-0.1, -0.05) is 56.7 Å². The molecule has 1 atom stereocenters. The fraction of sp³-hybridized carbons (Fsp3) is 0.394. The van der Waals surface area contributed by atoms with Gasteiger partial charge in [0, 0.05) is 13.1 Å². The molecule has 3 aromatic rings. The molecule has 0 aliphatic carbocycles. The number of ether oxygens (including phenoxy) is 1. The van der Waals surface area contributed by atoms with E-state index in [0.29, 0.717) is 24.4 Å². The number of anilines is 1. The minimum absolute atomic E-state index is 0.0866. The monoisotopic (exact) mass is 593 g/mol. The van der Waals surface area contributed by atoms with Gasteiger partial charge in [0.1, 0.15) is 18.3 Å². The first-order valence-corrected chi connectivity index (χ1v) is 15.7. The van der Waals surface area contributed by atoms with Gasteiger partial charge in [0.25, 0.3) is 10.0 Å². The first kappa shape index (κ1) is 32.7. The van der Waals surface area contributed by atoms with Crippen LogP contribution >= 0.6 is 0 Å². The predicted octanol–water partition coefficient (Wildman–Crippen LogP) is 5.40. The smallest absolute Gasteiger partial charge is 0.264 e. The lowest BCUT2D eigenvalue weighted by Gasteiger charge is -2.33. The van der Waals surface area contributed by atoms with Crippen molar-refractivity contribution in [2.75, 3.05) is 24.5 Å². The Balaban J connectivity index is 2.07. The lowest BCUT2D eigenvalue weighted by molar-refractivity contribution is -0.140. The van der Waals surface area contributed by atoms with Gasteiger partial charge < -0.3 is 15.0 Å². The minimum Gasteiger partial charge on any atom is -0.497 e. The van der Waals surface area contributed by atoms with E-state index in [1.165, 1.54) is 4.90 Å². The number of carbonyl (C=O) groups is 2. The van der Waals surface area contributed by atoms with Crippen molar-refractivity contribution in [3.8, 4) is 5.75 Å². The number of benzene rings is 3. The molecule has 0 saturated carbocycles. The molecular formula is C33H43N3O5S. The van der Waals surface area contributed by atoms with E-state index in [0.717, 1.165) is 26.6 Å². The maximum atomic E-state index is 14.2. The third-order valence-electron chi connectivity index (χ3n) is 6.96. The van der Waals surface area contributed by atoms with Crippen molar-refractivity contribution < 1.29 is 22.7 Å². The molecule has 0 aromatic heterocycles. The second kappa shape index (κ2) is 14.4. The number of rotatable bonds is 13. The number of nitrogens with zero attached hydrogens (tertiary/aromatic N) is 2. The highest BCUT2D eigenvalue weighted by Crippen LogP contribution is 2.27. The molecule has 0 bridgehead atoms. The fourth-order valence-electron chi connectivity index (χ4n) is 4.73. The second-order valence-corrected chi connectivity index (χ2v) is 13.0. The summed E-state index contributed by atoms with van der Waals surface area (Å²) in [5, 5.41) is 2.95. The number of sulfonamides is 1. The van der Waals surface area contributed by atoms with E-state index < -0.39 is 28.5 Å². The molecule has 8 nitrogen and oxygen atoms in total. The molecule has 0 radical (unpaired) electrons. The van der Waals surface area contributed by atoms with Gasteiger partial charge >= 0.3 is 0 Å². The Morgan fingerprint density at radius 3 is 2.00 bits per heavy atom. The molecule has 0 fully saturated rings. The van der Waals surface area contributed by atoms with Crippen LogP contribution in [-0.2, 0) is 26.2 Å². The highest BCUT2D eigenvalue weighted by atomic mass is 32.2. The van der Waals surface area contributed by atoms with Gasteiger partial charge in [-0.25, -0.2) is 8.42 Å². The van der Waals surface area contributed by atoms with Crippen molar-refractivity contribution in [2.24, 2.45) is 5.92 Å². The zero-order valence-corrected chi connectivity index (χ0v) is 26.5. The van der Waals surface area contributed by atoms with E-state index in [9.17, 15) is 18.0 Å². The highest BCUT2D eigenvalue weighted by Gasteiger charge is 2.34. The van der Waals surface area contributed by atoms with Gasteiger partial charge in [0.05, 0.1) is 17.7 Å². The molecule has 3 rings (SSSR count). The van der Waals surface area contributed by atoms with Crippen molar-refractivity contribution in [2.45, 2.75) is 65.4 Å². The maximum Gasteiger partial charge on any atom is 0.264 e. The number of nitrogens with one attached hydrogen (secondary N) is 1. The number of hydrogen-bond donors (Lipinski definition) is 1. The molecule has 0 unspecified atom stereocenters. The average Bonchev–Trinajstić information content (AvgIpc) is 2.94. The number of aryl methyl sites for hydroxylation is 3. The van der Waals surface area contributed by atoms with Crippen molar-refractivity contribution in [3.63, 3.8) is 0 Å². The van der Waals surface area contributed by atoms with Crippen LogP contribution in [0.2, 0.25) is 0 Å². The number of amides is 2. The van der Waals surface area contributed by atoms with Crippen LogP contribution in [0.15, 0.2) is 71.6 Å². The normalized spacial score (nSPS) is 12.1. The Bertz CT molecular complexity index is 1450. The van der Waals surface area contributed by atoms with E-state index >= 15 is 0 Å².